The van der Waals surface area contributed by atoms with Crippen LogP contribution in [0.5, 0.6) is 0 Å². The molecular formula is C17H25ClN6O. The van der Waals surface area contributed by atoms with Crippen molar-refractivity contribution in [3.05, 3.63) is 34.4 Å². The van der Waals surface area contributed by atoms with E-state index in [1.54, 1.807) is 9.36 Å². The third-order valence-electron chi connectivity index (χ3n) is 4.96. The van der Waals surface area contributed by atoms with E-state index < -0.39 is 0 Å². The summed E-state index contributed by atoms with van der Waals surface area (Å²) in [6.07, 6.45) is 5.23. The van der Waals surface area contributed by atoms with E-state index in [0.29, 0.717) is 18.1 Å². The second-order valence-corrected chi connectivity index (χ2v) is 7.04. The topological polar surface area (TPSA) is 68.0 Å². The van der Waals surface area contributed by atoms with Crippen LogP contribution in [0.1, 0.15) is 36.2 Å². The minimum Gasteiger partial charge on any atom is -0.338 e. The van der Waals surface area contributed by atoms with Crippen molar-refractivity contribution in [1.29, 1.82) is 0 Å². The molecular weight excluding hydrogens is 340 g/mol. The van der Waals surface area contributed by atoms with Gasteiger partial charge >= 0.3 is 0 Å². The van der Waals surface area contributed by atoms with Gasteiger partial charge in [-0.3, -0.25) is 14.2 Å². The zero-order valence-electron chi connectivity index (χ0n) is 15.2. The van der Waals surface area contributed by atoms with E-state index in [2.05, 4.69) is 22.4 Å². The first-order valence-corrected chi connectivity index (χ1v) is 8.95. The Balaban J connectivity index is 1.69. The molecule has 0 radical (unpaired) electrons. The predicted molar refractivity (Wildman–Crippen MR) is 96.1 cm³/mol. The zero-order valence-corrected chi connectivity index (χ0v) is 15.9. The predicted octanol–water partition coefficient (Wildman–Crippen LogP) is 1.68. The average Bonchev–Trinajstić information content (AvgIpc) is 3.20. The molecule has 3 heterocycles. The number of nitrogens with one attached hydrogen (secondary N) is 1. The standard InChI is InChI=1S/C17H25ClN6O/c1-5-14-13(17(18)24(4)21-14)9-19-7-11-6-15(25)23(3)16(11)12-8-20-22(2)10-12/h8,10-11,16,19H,5-7,9H2,1-4H3/t11-,16+/m0/s1. The van der Waals surface area contributed by atoms with Gasteiger partial charge in [-0.1, -0.05) is 18.5 Å². The Hall–Kier alpha value is -1.86. The van der Waals surface area contributed by atoms with E-state index in [1.807, 2.05) is 38.4 Å². The van der Waals surface area contributed by atoms with Crippen LogP contribution in [0.4, 0.5) is 0 Å². The van der Waals surface area contributed by atoms with Gasteiger partial charge in [0.1, 0.15) is 5.15 Å². The van der Waals surface area contributed by atoms with E-state index in [-0.39, 0.29) is 17.9 Å². The fourth-order valence-corrected chi connectivity index (χ4v) is 3.88. The van der Waals surface area contributed by atoms with Crippen molar-refractivity contribution in [2.45, 2.75) is 32.4 Å². The number of hydrogen-bond donors (Lipinski definition) is 1. The fraction of sp³-hybridized carbons (Fsp3) is 0.588. The van der Waals surface area contributed by atoms with Crippen LogP contribution < -0.4 is 5.32 Å². The summed E-state index contributed by atoms with van der Waals surface area (Å²) in [5.41, 5.74) is 3.14. The number of carbonyl (C=O) groups excluding carboxylic acids is 1. The third-order valence-corrected chi connectivity index (χ3v) is 5.43. The van der Waals surface area contributed by atoms with Gasteiger partial charge in [-0.05, 0) is 6.42 Å². The van der Waals surface area contributed by atoms with Crippen molar-refractivity contribution in [2.75, 3.05) is 13.6 Å². The van der Waals surface area contributed by atoms with Gasteiger partial charge in [-0.15, -0.1) is 0 Å². The summed E-state index contributed by atoms with van der Waals surface area (Å²) in [5.74, 6) is 0.386. The number of aryl methyl sites for hydroxylation is 3. The van der Waals surface area contributed by atoms with E-state index in [4.69, 9.17) is 11.6 Å². The molecule has 0 bridgehead atoms. The summed E-state index contributed by atoms with van der Waals surface area (Å²) in [6, 6.07) is 0.0590. The Morgan fingerprint density at radius 1 is 1.36 bits per heavy atom. The first-order chi connectivity index (χ1) is 11.9. The van der Waals surface area contributed by atoms with Gasteiger partial charge in [0, 0.05) is 63.9 Å². The van der Waals surface area contributed by atoms with E-state index in [9.17, 15) is 4.79 Å². The molecule has 2 aromatic heterocycles. The Bertz CT molecular complexity index is 767. The molecule has 1 aliphatic rings. The molecule has 0 saturated carbocycles. The summed E-state index contributed by atoms with van der Waals surface area (Å²) in [4.78, 5) is 14.0. The largest absolute Gasteiger partial charge is 0.338 e. The summed E-state index contributed by atoms with van der Waals surface area (Å²) in [5, 5.41) is 12.8. The molecule has 7 nitrogen and oxygen atoms in total. The highest BCUT2D eigenvalue weighted by molar-refractivity contribution is 6.30. The molecule has 2 atom stereocenters. The first-order valence-electron chi connectivity index (χ1n) is 8.57. The summed E-state index contributed by atoms with van der Waals surface area (Å²) >= 11 is 6.35. The average molecular weight is 365 g/mol. The fourth-order valence-electron chi connectivity index (χ4n) is 3.67. The van der Waals surface area contributed by atoms with Crippen molar-refractivity contribution in [2.24, 2.45) is 20.0 Å². The second-order valence-electron chi connectivity index (χ2n) is 6.69. The van der Waals surface area contributed by atoms with Gasteiger partial charge in [0.2, 0.25) is 5.91 Å². The molecule has 0 spiro atoms. The molecule has 25 heavy (non-hydrogen) atoms. The lowest BCUT2D eigenvalue weighted by atomic mass is 9.95. The van der Waals surface area contributed by atoms with Gasteiger partial charge in [0.05, 0.1) is 17.9 Å². The third kappa shape index (κ3) is 3.43. The highest BCUT2D eigenvalue weighted by Gasteiger charge is 2.38. The molecule has 1 aliphatic heterocycles. The summed E-state index contributed by atoms with van der Waals surface area (Å²) < 4.78 is 3.49. The lowest BCUT2D eigenvalue weighted by Crippen LogP contribution is -2.29. The molecule has 1 N–H and O–H groups in total. The van der Waals surface area contributed by atoms with Crippen LogP contribution in [-0.4, -0.2) is 44.0 Å². The Labute approximate surface area is 152 Å². The number of halogens is 1. The quantitative estimate of drug-likeness (QED) is 0.846. The number of likely N-dealkylation sites (tertiary alicyclic amines) is 1. The van der Waals surface area contributed by atoms with Gasteiger partial charge < -0.3 is 10.2 Å². The Morgan fingerprint density at radius 3 is 2.76 bits per heavy atom. The van der Waals surface area contributed by atoms with Crippen LogP contribution in [0.2, 0.25) is 5.15 Å². The Morgan fingerprint density at radius 2 is 2.12 bits per heavy atom. The smallest absolute Gasteiger partial charge is 0.223 e. The van der Waals surface area contributed by atoms with Crippen molar-refractivity contribution in [3.8, 4) is 0 Å². The molecule has 0 aromatic carbocycles. The van der Waals surface area contributed by atoms with E-state index in [0.717, 1.165) is 29.8 Å². The second kappa shape index (κ2) is 7.17. The van der Waals surface area contributed by atoms with Crippen LogP contribution in [0.15, 0.2) is 12.4 Å². The molecule has 3 rings (SSSR count). The van der Waals surface area contributed by atoms with Gasteiger partial charge in [0.25, 0.3) is 0 Å². The van der Waals surface area contributed by atoms with Crippen LogP contribution in [-0.2, 0) is 31.9 Å². The SMILES string of the molecule is CCc1nn(C)c(Cl)c1CNC[C@@H]1CC(=O)N(C)[C@H]1c1cnn(C)c1. The molecule has 1 amide bonds. The molecule has 8 heteroatoms. The number of amides is 1. The summed E-state index contributed by atoms with van der Waals surface area (Å²) in [7, 11) is 5.62. The van der Waals surface area contributed by atoms with Crippen LogP contribution in [0.3, 0.4) is 0 Å². The van der Waals surface area contributed by atoms with Gasteiger partial charge in [0.15, 0.2) is 0 Å². The highest BCUT2D eigenvalue weighted by Crippen LogP contribution is 2.36. The monoisotopic (exact) mass is 364 g/mol. The molecule has 2 aromatic rings. The van der Waals surface area contributed by atoms with Crippen molar-refractivity contribution in [3.63, 3.8) is 0 Å². The molecule has 0 aliphatic carbocycles. The molecule has 1 fully saturated rings. The summed E-state index contributed by atoms with van der Waals surface area (Å²) in [6.45, 7) is 3.47. The normalized spacial score (nSPS) is 20.7. The first kappa shape index (κ1) is 17.9. The number of nitrogens with zero attached hydrogens (tertiary/aromatic N) is 5. The minimum absolute atomic E-state index is 0.0590. The lowest BCUT2D eigenvalue weighted by molar-refractivity contribution is -0.127. The number of rotatable bonds is 6. The molecule has 1 saturated heterocycles. The van der Waals surface area contributed by atoms with Gasteiger partial charge in [-0.2, -0.15) is 10.2 Å². The van der Waals surface area contributed by atoms with E-state index in [1.165, 1.54) is 0 Å². The zero-order chi connectivity index (χ0) is 18.1. The molecule has 0 unspecified atom stereocenters. The van der Waals surface area contributed by atoms with Crippen molar-refractivity contribution in [1.82, 2.24) is 29.8 Å². The van der Waals surface area contributed by atoms with Crippen LogP contribution in [0, 0.1) is 5.92 Å². The maximum absolute atomic E-state index is 12.2. The Kier molecular flexibility index (Phi) is 5.15. The van der Waals surface area contributed by atoms with Crippen molar-refractivity contribution < 1.29 is 4.79 Å². The van der Waals surface area contributed by atoms with Crippen LogP contribution in [0.25, 0.3) is 0 Å². The minimum atomic E-state index is 0.0590. The number of hydrogen-bond acceptors (Lipinski definition) is 4. The maximum atomic E-state index is 12.2. The highest BCUT2D eigenvalue weighted by atomic mass is 35.5. The lowest BCUT2D eigenvalue weighted by Gasteiger charge is -2.24. The maximum Gasteiger partial charge on any atom is 0.223 e. The van der Waals surface area contributed by atoms with Gasteiger partial charge in [-0.25, -0.2) is 0 Å². The number of aromatic nitrogens is 4. The van der Waals surface area contributed by atoms with Crippen molar-refractivity contribution >= 4 is 17.5 Å². The van der Waals surface area contributed by atoms with E-state index >= 15 is 0 Å². The molecule has 136 valence electrons. The van der Waals surface area contributed by atoms with Crippen LogP contribution >= 0.6 is 11.6 Å². The number of carbonyl (C=O) groups is 1.